The Morgan fingerprint density at radius 2 is 1.83 bits per heavy atom. The van der Waals surface area contributed by atoms with Gasteiger partial charge in [-0.25, -0.2) is 5.43 Å². The average Bonchev–Trinajstić information content (AvgIpc) is 3.04. The van der Waals surface area contributed by atoms with Gasteiger partial charge in [0.25, 0.3) is 5.91 Å². The molecule has 1 heterocycles. The quantitative estimate of drug-likeness (QED) is 0.555. The van der Waals surface area contributed by atoms with E-state index < -0.39 is 0 Å². The Bertz CT molecular complexity index is 885. The van der Waals surface area contributed by atoms with Gasteiger partial charge in [-0.1, -0.05) is 23.7 Å². The second-order valence-corrected chi connectivity index (χ2v) is 5.34. The van der Waals surface area contributed by atoms with Gasteiger partial charge in [-0.05, 0) is 48.5 Å². The molecule has 0 saturated carbocycles. The molecule has 0 spiro atoms. The van der Waals surface area contributed by atoms with E-state index in [0.29, 0.717) is 22.1 Å². The van der Waals surface area contributed by atoms with Gasteiger partial charge in [-0.3, -0.25) is 4.79 Å². The van der Waals surface area contributed by atoms with E-state index in [-0.39, 0.29) is 11.7 Å². The first-order chi connectivity index (χ1) is 11.6. The van der Waals surface area contributed by atoms with Crippen LogP contribution in [0.2, 0.25) is 5.02 Å². The molecule has 0 aliphatic heterocycles. The molecule has 2 aromatic carbocycles. The van der Waals surface area contributed by atoms with Gasteiger partial charge in [0.05, 0.1) is 11.2 Å². The number of amides is 1. The predicted octanol–water partition coefficient (Wildman–Crippen LogP) is 4.07. The second kappa shape index (κ2) is 7.02. The third-order valence-electron chi connectivity index (χ3n) is 3.25. The molecular formula is C18H13ClN2O3. The number of aromatic hydroxyl groups is 1. The molecular weight excluding hydrogens is 328 g/mol. The third-order valence-corrected chi connectivity index (χ3v) is 3.58. The van der Waals surface area contributed by atoms with Gasteiger partial charge in [-0.2, -0.15) is 5.10 Å². The van der Waals surface area contributed by atoms with E-state index >= 15 is 0 Å². The van der Waals surface area contributed by atoms with Gasteiger partial charge < -0.3 is 9.52 Å². The van der Waals surface area contributed by atoms with Crippen molar-refractivity contribution in [2.24, 2.45) is 5.10 Å². The van der Waals surface area contributed by atoms with Crippen molar-refractivity contribution in [2.75, 3.05) is 0 Å². The number of phenols is 1. The molecule has 1 amide bonds. The number of phenolic OH excluding ortho intramolecular Hbond substituents is 1. The maximum atomic E-state index is 11.9. The molecule has 3 aromatic rings. The summed E-state index contributed by atoms with van der Waals surface area (Å²) in [6, 6.07) is 16.7. The largest absolute Gasteiger partial charge is 0.508 e. The Morgan fingerprint density at radius 1 is 1.08 bits per heavy atom. The molecule has 6 heteroatoms. The number of hydrogen-bond acceptors (Lipinski definition) is 4. The lowest BCUT2D eigenvalue weighted by Gasteiger charge is -2.00. The van der Waals surface area contributed by atoms with Crippen LogP contribution in [0.1, 0.15) is 16.1 Å². The number of rotatable bonds is 4. The highest BCUT2D eigenvalue weighted by atomic mass is 35.5. The molecule has 120 valence electrons. The van der Waals surface area contributed by atoms with E-state index in [1.54, 1.807) is 18.2 Å². The fraction of sp³-hybridized carbons (Fsp3) is 0. The van der Waals surface area contributed by atoms with Crippen LogP contribution in [0.4, 0.5) is 0 Å². The number of carbonyl (C=O) groups excluding carboxylic acids is 1. The molecule has 0 fully saturated rings. The lowest BCUT2D eigenvalue weighted by molar-refractivity contribution is 0.0955. The van der Waals surface area contributed by atoms with E-state index in [4.69, 9.17) is 16.0 Å². The summed E-state index contributed by atoms with van der Waals surface area (Å²) in [6.07, 6.45) is 1.40. The molecule has 0 unspecified atom stereocenters. The standard InChI is InChI=1S/C18H13ClN2O3/c19-16-4-2-1-3-15(16)17-10-9-14(24-17)11-20-21-18(23)12-5-7-13(22)8-6-12/h1-11,22H,(H,21,23)/b20-11+. The van der Waals surface area contributed by atoms with E-state index in [9.17, 15) is 9.90 Å². The molecule has 3 rings (SSSR count). The number of furan rings is 1. The minimum atomic E-state index is -0.385. The maximum Gasteiger partial charge on any atom is 0.271 e. The number of carbonyl (C=O) groups is 1. The van der Waals surface area contributed by atoms with Crippen LogP contribution in [0.15, 0.2) is 70.2 Å². The average molecular weight is 341 g/mol. The van der Waals surface area contributed by atoms with Crippen molar-refractivity contribution in [2.45, 2.75) is 0 Å². The Hall–Kier alpha value is -3.05. The normalized spacial score (nSPS) is 10.9. The number of halogens is 1. The van der Waals surface area contributed by atoms with Gasteiger partial charge in [0, 0.05) is 11.1 Å². The van der Waals surface area contributed by atoms with Crippen LogP contribution in [0.25, 0.3) is 11.3 Å². The highest BCUT2D eigenvalue weighted by Gasteiger charge is 2.07. The van der Waals surface area contributed by atoms with Crippen LogP contribution < -0.4 is 5.43 Å². The SMILES string of the molecule is O=C(N/N=C/c1ccc(-c2ccccc2Cl)o1)c1ccc(O)cc1. The second-order valence-electron chi connectivity index (χ2n) is 4.93. The summed E-state index contributed by atoms with van der Waals surface area (Å²) in [5.41, 5.74) is 3.56. The van der Waals surface area contributed by atoms with Crippen LogP contribution >= 0.6 is 11.6 Å². The lowest BCUT2D eigenvalue weighted by Crippen LogP contribution is -2.17. The molecule has 0 aliphatic rings. The van der Waals surface area contributed by atoms with Crippen LogP contribution in [0.3, 0.4) is 0 Å². The summed E-state index contributed by atoms with van der Waals surface area (Å²) in [5.74, 6) is 0.810. The van der Waals surface area contributed by atoms with Crippen LogP contribution in [-0.4, -0.2) is 17.2 Å². The Balaban J connectivity index is 1.66. The van der Waals surface area contributed by atoms with E-state index in [2.05, 4.69) is 10.5 Å². The van der Waals surface area contributed by atoms with Gasteiger partial charge in [0.2, 0.25) is 0 Å². The maximum absolute atomic E-state index is 11.9. The number of hydrogen-bond donors (Lipinski definition) is 2. The molecule has 0 atom stereocenters. The number of nitrogens with zero attached hydrogens (tertiary/aromatic N) is 1. The zero-order valence-corrected chi connectivity index (χ0v) is 13.2. The van der Waals surface area contributed by atoms with Gasteiger partial charge in [0.15, 0.2) is 0 Å². The summed E-state index contributed by atoms with van der Waals surface area (Å²) in [6.45, 7) is 0. The molecule has 0 saturated heterocycles. The number of nitrogens with one attached hydrogen (secondary N) is 1. The topological polar surface area (TPSA) is 74.8 Å². The van der Waals surface area contributed by atoms with Crippen LogP contribution in [0, 0.1) is 0 Å². The van der Waals surface area contributed by atoms with Gasteiger partial charge in [-0.15, -0.1) is 0 Å². The van der Waals surface area contributed by atoms with E-state index in [1.165, 1.54) is 30.5 Å². The van der Waals surface area contributed by atoms with Crippen molar-refractivity contribution >= 4 is 23.7 Å². The fourth-order valence-electron chi connectivity index (χ4n) is 2.06. The zero-order chi connectivity index (χ0) is 16.9. The van der Waals surface area contributed by atoms with Gasteiger partial charge in [0.1, 0.15) is 17.3 Å². The van der Waals surface area contributed by atoms with E-state index in [1.807, 2.05) is 18.2 Å². The van der Waals surface area contributed by atoms with Crippen LogP contribution in [0.5, 0.6) is 5.75 Å². The van der Waals surface area contributed by atoms with Crippen LogP contribution in [-0.2, 0) is 0 Å². The number of hydrazone groups is 1. The molecule has 1 aromatic heterocycles. The molecule has 5 nitrogen and oxygen atoms in total. The Morgan fingerprint density at radius 3 is 2.58 bits per heavy atom. The smallest absolute Gasteiger partial charge is 0.271 e. The predicted molar refractivity (Wildman–Crippen MR) is 92.3 cm³/mol. The van der Waals surface area contributed by atoms with Crippen molar-refractivity contribution in [3.8, 4) is 17.1 Å². The highest BCUT2D eigenvalue weighted by molar-refractivity contribution is 6.33. The summed E-state index contributed by atoms with van der Waals surface area (Å²) in [4.78, 5) is 11.9. The van der Waals surface area contributed by atoms with Gasteiger partial charge >= 0.3 is 0 Å². The highest BCUT2D eigenvalue weighted by Crippen LogP contribution is 2.28. The lowest BCUT2D eigenvalue weighted by atomic mass is 10.2. The molecule has 2 N–H and O–H groups in total. The number of benzene rings is 2. The van der Waals surface area contributed by atoms with E-state index in [0.717, 1.165) is 5.56 Å². The summed E-state index contributed by atoms with van der Waals surface area (Å²) in [7, 11) is 0. The Kier molecular flexibility index (Phi) is 4.63. The summed E-state index contributed by atoms with van der Waals surface area (Å²) < 4.78 is 5.64. The van der Waals surface area contributed by atoms with Crippen molar-refractivity contribution in [1.29, 1.82) is 0 Å². The van der Waals surface area contributed by atoms with Crippen molar-refractivity contribution in [1.82, 2.24) is 5.43 Å². The minimum Gasteiger partial charge on any atom is -0.508 e. The van der Waals surface area contributed by atoms with Crippen molar-refractivity contribution < 1.29 is 14.3 Å². The monoisotopic (exact) mass is 340 g/mol. The van der Waals surface area contributed by atoms with Crippen molar-refractivity contribution in [3.63, 3.8) is 0 Å². The molecule has 24 heavy (non-hydrogen) atoms. The molecule has 0 bridgehead atoms. The zero-order valence-electron chi connectivity index (χ0n) is 12.4. The minimum absolute atomic E-state index is 0.0951. The molecule has 0 aliphatic carbocycles. The molecule has 0 radical (unpaired) electrons. The first-order valence-electron chi connectivity index (χ1n) is 7.10. The summed E-state index contributed by atoms with van der Waals surface area (Å²) in [5, 5.41) is 13.6. The first-order valence-corrected chi connectivity index (χ1v) is 7.48. The Labute approximate surface area is 143 Å². The third kappa shape index (κ3) is 3.64. The fourth-order valence-corrected chi connectivity index (χ4v) is 2.29. The summed E-state index contributed by atoms with van der Waals surface area (Å²) >= 11 is 6.12. The first kappa shape index (κ1) is 15.8. The van der Waals surface area contributed by atoms with Crippen molar-refractivity contribution in [3.05, 3.63) is 77.0 Å².